The SMILES string of the molecule is CCCC1CCC(c2ccc(CCc3ccc(OCC)c(F)c3F)c(F)c2F)O1. The molecule has 1 saturated heterocycles. The topological polar surface area (TPSA) is 18.5 Å². The fourth-order valence-electron chi connectivity index (χ4n) is 3.82. The van der Waals surface area contributed by atoms with Gasteiger partial charge in [-0.3, -0.25) is 0 Å². The molecule has 158 valence electrons. The van der Waals surface area contributed by atoms with E-state index in [1.807, 2.05) is 0 Å². The molecule has 0 saturated carbocycles. The highest BCUT2D eigenvalue weighted by Crippen LogP contribution is 2.36. The first kappa shape index (κ1) is 21.6. The molecule has 2 unspecified atom stereocenters. The molecule has 0 aliphatic carbocycles. The smallest absolute Gasteiger partial charge is 0.200 e. The van der Waals surface area contributed by atoms with Gasteiger partial charge in [-0.2, -0.15) is 4.39 Å². The molecule has 6 heteroatoms. The van der Waals surface area contributed by atoms with Gasteiger partial charge in [0.05, 0.1) is 18.8 Å². The van der Waals surface area contributed by atoms with Crippen molar-refractivity contribution in [3.63, 3.8) is 0 Å². The van der Waals surface area contributed by atoms with E-state index in [2.05, 4.69) is 6.92 Å². The molecular formula is C23H26F4O2. The summed E-state index contributed by atoms with van der Waals surface area (Å²) < 4.78 is 68.3. The fourth-order valence-corrected chi connectivity index (χ4v) is 3.82. The average Bonchev–Trinajstić information content (AvgIpc) is 3.16. The Kier molecular flexibility index (Phi) is 7.17. The molecule has 0 amide bonds. The van der Waals surface area contributed by atoms with E-state index in [1.54, 1.807) is 13.0 Å². The molecular weight excluding hydrogens is 384 g/mol. The van der Waals surface area contributed by atoms with Gasteiger partial charge in [0.2, 0.25) is 5.82 Å². The van der Waals surface area contributed by atoms with Crippen molar-refractivity contribution in [2.24, 2.45) is 0 Å². The summed E-state index contributed by atoms with van der Waals surface area (Å²) in [6.45, 7) is 3.95. The molecule has 2 aromatic carbocycles. The van der Waals surface area contributed by atoms with E-state index in [0.717, 1.165) is 19.3 Å². The van der Waals surface area contributed by atoms with E-state index in [-0.39, 0.29) is 48.0 Å². The van der Waals surface area contributed by atoms with Crippen LogP contribution in [-0.2, 0) is 17.6 Å². The van der Waals surface area contributed by atoms with Gasteiger partial charge in [-0.25, -0.2) is 13.2 Å². The van der Waals surface area contributed by atoms with Crippen LogP contribution in [0.5, 0.6) is 5.75 Å². The predicted octanol–water partition coefficient (Wildman–Crippen LogP) is 6.45. The Hall–Kier alpha value is -2.08. The summed E-state index contributed by atoms with van der Waals surface area (Å²) in [6, 6.07) is 5.81. The van der Waals surface area contributed by atoms with Gasteiger partial charge in [0.25, 0.3) is 0 Å². The van der Waals surface area contributed by atoms with Crippen LogP contribution in [0.15, 0.2) is 24.3 Å². The third kappa shape index (κ3) is 4.74. The maximum Gasteiger partial charge on any atom is 0.200 e. The van der Waals surface area contributed by atoms with E-state index in [0.29, 0.717) is 6.42 Å². The average molecular weight is 410 g/mol. The van der Waals surface area contributed by atoms with E-state index >= 15 is 0 Å². The first-order valence-electron chi connectivity index (χ1n) is 10.2. The summed E-state index contributed by atoms with van der Waals surface area (Å²) in [5.41, 5.74) is 0.447. The highest BCUT2D eigenvalue weighted by atomic mass is 19.2. The van der Waals surface area contributed by atoms with Gasteiger partial charge in [0.15, 0.2) is 23.2 Å². The number of ether oxygens (including phenoxy) is 2. The maximum absolute atomic E-state index is 14.6. The van der Waals surface area contributed by atoms with E-state index < -0.39 is 29.4 Å². The zero-order chi connectivity index (χ0) is 21.0. The van der Waals surface area contributed by atoms with E-state index in [1.165, 1.54) is 18.2 Å². The van der Waals surface area contributed by atoms with Crippen LogP contribution in [0, 0.1) is 23.3 Å². The molecule has 0 spiro atoms. The second-order valence-electron chi connectivity index (χ2n) is 7.34. The predicted molar refractivity (Wildman–Crippen MR) is 103 cm³/mol. The summed E-state index contributed by atoms with van der Waals surface area (Å²) >= 11 is 0. The second-order valence-corrected chi connectivity index (χ2v) is 7.34. The van der Waals surface area contributed by atoms with Crippen LogP contribution in [-0.4, -0.2) is 12.7 Å². The monoisotopic (exact) mass is 410 g/mol. The van der Waals surface area contributed by atoms with Crippen molar-refractivity contribution in [2.45, 2.75) is 64.6 Å². The van der Waals surface area contributed by atoms with Gasteiger partial charge >= 0.3 is 0 Å². The summed E-state index contributed by atoms with van der Waals surface area (Å²) in [5.74, 6) is -4.10. The second kappa shape index (κ2) is 9.61. The zero-order valence-electron chi connectivity index (χ0n) is 16.7. The van der Waals surface area contributed by atoms with Crippen molar-refractivity contribution < 1.29 is 27.0 Å². The van der Waals surface area contributed by atoms with Crippen LogP contribution >= 0.6 is 0 Å². The molecule has 1 fully saturated rings. The Balaban J connectivity index is 1.71. The third-order valence-electron chi connectivity index (χ3n) is 5.35. The Labute approximate surface area is 168 Å². The molecule has 1 heterocycles. The minimum absolute atomic E-state index is 0.0450. The quantitative estimate of drug-likeness (QED) is 0.466. The van der Waals surface area contributed by atoms with Gasteiger partial charge in [-0.05, 0) is 56.2 Å². The van der Waals surface area contributed by atoms with Gasteiger partial charge < -0.3 is 9.47 Å². The number of halogens is 4. The van der Waals surface area contributed by atoms with Crippen LogP contribution in [0.3, 0.4) is 0 Å². The van der Waals surface area contributed by atoms with Crippen molar-refractivity contribution in [1.29, 1.82) is 0 Å². The van der Waals surface area contributed by atoms with Crippen molar-refractivity contribution in [3.8, 4) is 5.75 Å². The number of benzene rings is 2. The van der Waals surface area contributed by atoms with Gasteiger partial charge in [0, 0.05) is 5.56 Å². The van der Waals surface area contributed by atoms with E-state index in [4.69, 9.17) is 9.47 Å². The molecule has 29 heavy (non-hydrogen) atoms. The number of rotatable bonds is 8. The minimum atomic E-state index is -1.06. The Morgan fingerprint density at radius 3 is 2.17 bits per heavy atom. The molecule has 0 aromatic heterocycles. The van der Waals surface area contributed by atoms with Gasteiger partial charge in [0.1, 0.15) is 0 Å². The van der Waals surface area contributed by atoms with Crippen LogP contribution in [0.1, 0.15) is 62.3 Å². The van der Waals surface area contributed by atoms with Crippen molar-refractivity contribution >= 4 is 0 Å². The molecule has 2 nitrogen and oxygen atoms in total. The Bertz CT molecular complexity index is 853. The summed E-state index contributed by atoms with van der Waals surface area (Å²) in [4.78, 5) is 0. The highest BCUT2D eigenvalue weighted by molar-refractivity contribution is 5.33. The molecule has 2 aromatic rings. The maximum atomic E-state index is 14.6. The first-order valence-corrected chi connectivity index (χ1v) is 10.2. The number of hydrogen-bond acceptors (Lipinski definition) is 2. The van der Waals surface area contributed by atoms with Crippen LogP contribution in [0.2, 0.25) is 0 Å². The summed E-state index contributed by atoms with van der Waals surface area (Å²) in [6.07, 6.45) is 3.14. The summed E-state index contributed by atoms with van der Waals surface area (Å²) in [5, 5.41) is 0. The van der Waals surface area contributed by atoms with Gasteiger partial charge in [-0.15, -0.1) is 0 Å². The lowest BCUT2D eigenvalue weighted by Gasteiger charge is -2.16. The van der Waals surface area contributed by atoms with Crippen LogP contribution in [0.4, 0.5) is 17.6 Å². The fraction of sp³-hybridized carbons (Fsp3) is 0.478. The van der Waals surface area contributed by atoms with Crippen molar-refractivity contribution in [2.75, 3.05) is 6.61 Å². The Morgan fingerprint density at radius 2 is 1.52 bits per heavy atom. The molecule has 1 aliphatic heterocycles. The molecule has 0 radical (unpaired) electrons. The number of hydrogen-bond donors (Lipinski definition) is 0. The third-order valence-corrected chi connectivity index (χ3v) is 5.35. The standard InChI is InChI=1S/C23H26F4O2/c1-3-5-16-10-13-18(29-16)17-11-8-14(20(24)22(17)26)6-7-15-9-12-19(28-4-2)23(27)21(15)25/h8-9,11-12,16,18H,3-7,10,13H2,1-2H3. The summed E-state index contributed by atoms with van der Waals surface area (Å²) in [7, 11) is 0. The molecule has 3 rings (SSSR count). The van der Waals surface area contributed by atoms with E-state index in [9.17, 15) is 17.6 Å². The van der Waals surface area contributed by atoms with Crippen molar-refractivity contribution in [3.05, 3.63) is 64.2 Å². The zero-order valence-corrected chi connectivity index (χ0v) is 16.7. The lowest BCUT2D eigenvalue weighted by atomic mass is 9.98. The highest BCUT2D eigenvalue weighted by Gasteiger charge is 2.29. The molecule has 0 bridgehead atoms. The molecule has 1 aliphatic rings. The normalized spacial score (nSPS) is 19.0. The van der Waals surface area contributed by atoms with Gasteiger partial charge in [-0.1, -0.05) is 31.5 Å². The van der Waals surface area contributed by atoms with Crippen LogP contribution in [0.25, 0.3) is 0 Å². The Morgan fingerprint density at radius 1 is 0.862 bits per heavy atom. The first-order chi connectivity index (χ1) is 14.0. The largest absolute Gasteiger partial charge is 0.491 e. The van der Waals surface area contributed by atoms with Crippen molar-refractivity contribution in [1.82, 2.24) is 0 Å². The minimum Gasteiger partial charge on any atom is -0.491 e. The molecule has 0 N–H and O–H groups in total. The lowest BCUT2D eigenvalue weighted by Crippen LogP contribution is -2.09. The lowest BCUT2D eigenvalue weighted by molar-refractivity contribution is 0.0374. The van der Waals surface area contributed by atoms with Crippen LogP contribution < -0.4 is 4.74 Å². The number of aryl methyl sites for hydroxylation is 2. The molecule has 2 atom stereocenters.